The van der Waals surface area contributed by atoms with Crippen LogP contribution in [0.2, 0.25) is 5.02 Å². The number of hydrogen-bond donors (Lipinski definition) is 3. The smallest absolute Gasteiger partial charge is 0.411 e. The first-order chi connectivity index (χ1) is 17.2. The molecule has 3 atom stereocenters. The van der Waals surface area contributed by atoms with E-state index in [0.717, 1.165) is 11.4 Å². The standard InChI is InChI=1S/C26H30ClN5O4/c1-15-12-18(10-11-36-15)32-22(33)13-26(2,31-24(32)30-25(34)35)19-4-3-5-21(23(19)27)29-17-8-9-20(28-14-17)16-6-7-16/h3-5,8-9,14-16,18,29H,6-7,10-13H2,1-2H3,(H,30,31)(H,34,35)/t15-,18?,26+/m1/s1. The lowest BCUT2D eigenvalue weighted by Gasteiger charge is -2.42. The second kappa shape index (κ2) is 9.71. The zero-order valence-corrected chi connectivity index (χ0v) is 21.1. The van der Waals surface area contributed by atoms with Crippen LogP contribution < -0.4 is 10.6 Å². The Bertz CT molecular complexity index is 1200. The van der Waals surface area contributed by atoms with E-state index in [0.29, 0.717) is 41.6 Å². The predicted molar refractivity (Wildman–Crippen MR) is 137 cm³/mol. The van der Waals surface area contributed by atoms with Gasteiger partial charge in [0.2, 0.25) is 11.9 Å². The quantitative estimate of drug-likeness (QED) is 0.520. The lowest BCUT2D eigenvalue weighted by atomic mass is 9.86. The van der Waals surface area contributed by atoms with Gasteiger partial charge in [-0.2, -0.15) is 0 Å². The van der Waals surface area contributed by atoms with Crippen LogP contribution in [0.1, 0.15) is 63.1 Å². The third kappa shape index (κ3) is 5.03. The van der Waals surface area contributed by atoms with Crippen molar-refractivity contribution in [2.75, 3.05) is 11.9 Å². The van der Waals surface area contributed by atoms with Crippen molar-refractivity contribution in [1.82, 2.24) is 15.2 Å². The summed E-state index contributed by atoms with van der Waals surface area (Å²) in [6.45, 7) is 4.25. The zero-order valence-electron chi connectivity index (χ0n) is 20.3. The average molecular weight is 512 g/mol. The SMILES string of the molecule is C[C@@H]1CC(N2C(=O)C[C@@](C)(c3cccc(Nc4ccc(C5CC5)nc4)c3Cl)N=C2NC(=O)O)CCO1. The Morgan fingerprint density at radius 3 is 2.72 bits per heavy atom. The third-order valence-electron chi connectivity index (χ3n) is 7.03. The van der Waals surface area contributed by atoms with Crippen LogP contribution in [0.3, 0.4) is 0 Å². The van der Waals surface area contributed by atoms with Crippen molar-refractivity contribution in [1.29, 1.82) is 0 Å². The van der Waals surface area contributed by atoms with Crippen molar-refractivity contribution >= 4 is 40.9 Å². The molecule has 1 unspecified atom stereocenters. The number of anilines is 2. The Balaban J connectivity index is 1.45. The number of carbonyl (C=O) groups excluding carboxylic acids is 1. The van der Waals surface area contributed by atoms with Gasteiger partial charge in [-0.3, -0.25) is 20.0 Å². The number of aliphatic imine (C=N–C) groups is 1. The second-order valence-corrected chi connectivity index (χ2v) is 10.4. The van der Waals surface area contributed by atoms with Crippen molar-refractivity contribution in [2.45, 2.75) is 69.6 Å². The Morgan fingerprint density at radius 1 is 1.25 bits per heavy atom. The number of nitrogens with one attached hydrogen (secondary N) is 2. The molecule has 1 aromatic carbocycles. The third-order valence-corrected chi connectivity index (χ3v) is 7.43. The van der Waals surface area contributed by atoms with Crippen molar-refractivity contribution < 1.29 is 19.4 Å². The molecule has 5 rings (SSSR count). The van der Waals surface area contributed by atoms with Crippen LogP contribution in [-0.4, -0.2) is 51.7 Å². The zero-order chi connectivity index (χ0) is 25.4. The number of guanidine groups is 1. The first kappa shape index (κ1) is 24.5. The molecule has 190 valence electrons. The van der Waals surface area contributed by atoms with Gasteiger partial charge in [0.15, 0.2) is 0 Å². The normalized spacial score (nSPS) is 26.4. The van der Waals surface area contributed by atoms with Crippen LogP contribution in [0.15, 0.2) is 41.5 Å². The number of carbonyl (C=O) groups is 2. The summed E-state index contributed by atoms with van der Waals surface area (Å²) in [6.07, 6.45) is 4.15. The maximum absolute atomic E-state index is 13.5. The molecule has 36 heavy (non-hydrogen) atoms. The summed E-state index contributed by atoms with van der Waals surface area (Å²) >= 11 is 6.85. The molecule has 0 radical (unpaired) electrons. The van der Waals surface area contributed by atoms with E-state index < -0.39 is 11.6 Å². The van der Waals surface area contributed by atoms with Gasteiger partial charge >= 0.3 is 6.09 Å². The minimum Gasteiger partial charge on any atom is -0.465 e. The minimum absolute atomic E-state index is 0.0228. The van der Waals surface area contributed by atoms with Gasteiger partial charge in [-0.05, 0) is 57.7 Å². The van der Waals surface area contributed by atoms with Gasteiger partial charge in [-0.1, -0.05) is 23.7 Å². The Kier molecular flexibility index (Phi) is 6.61. The lowest BCUT2D eigenvalue weighted by molar-refractivity contribution is -0.133. The number of amides is 2. The van der Waals surface area contributed by atoms with Crippen LogP contribution in [0.5, 0.6) is 0 Å². The molecule has 9 nitrogen and oxygen atoms in total. The summed E-state index contributed by atoms with van der Waals surface area (Å²) in [5.41, 5.74) is 2.15. The summed E-state index contributed by atoms with van der Waals surface area (Å²) in [7, 11) is 0. The summed E-state index contributed by atoms with van der Waals surface area (Å²) < 4.78 is 5.62. The number of pyridine rings is 1. The monoisotopic (exact) mass is 511 g/mol. The van der Waals surface area contributed by atoms with E-state index in [2.05, 4.69) is 15.6 Å². The maximum Gasteiger partial charge on any atom is 0.411 e. The van der Waals surface area contributed by atoms with E-state index in [4.69, 9.17) is 21.3 Å². The van der Waals surface area contributed by atoms with Crippen LogP contribution >= 0.6 is 11.6 Å². The highest BCUT2D eigenvalue weighted by atomic mass is 35.5. The highest BCUT2D eigenvalue weighted by molar-refractivity contribution is 6.34. The summed E-state index contributed by atoms with van der Waals surface area (Å²) in [5.74, 6) is 0.393. The fourth-order valence-corrected chi connectivity index (χ4v) is 5.43. The molecule has 2 aromatic rings. The highest BCUT2D eigenvalue weighted by Gasteiger charge is 2.43. The summed E-state index contributed by atoms with van der Waals surface area (Å²) in [5, 5.41) is 15.6. The molecule has 3 heterocycles. The van der Waals surface area contributed by atoms with Gasteiger partial charge in [0.05, 0.1) is 40.7 Å². The van der Waals surface area contributed by atoms with E-state index in [1.807, 2.05) is 37.3 Å². The molecule has 2 aliphatic heterocycles. The van der Waals surface area contributed by atoms with E-state index in [1.54, 1.807) is 13.1 Å². The molecule has 1 saturated heterocycles. The van der Waals surface area contributed by atoms with Gasteiger partial charge < -0.3 is 15.2 Å². The second-order valence-electron chi connectivity index (χ2n) is 9.98. The number of nitrogens with zero attached hydrogens (tertiary/aromatic N) is 3. The van der Waals surface area contributed by atoms with Crippen LogP contribution in [-0.2, 0) is 15.1 Å². The lowest BCUT2D eigenvalue weighted by Crippen LogP contribution is -2.58. The van der Waals surface area contributed by atoms with Gasteiger partial charge in [0.1, 0.15) is 0 Å². The predicted octanol–water partition coefficient (Wildman–Crippen LogP) is 4.99. The number of benzene rings is 1. The van der Waals surface area contributed by atoms with Gasteiger partial charge in [-0.15, -0.1) is 0 Å². The number of halogens is 1. The highest BCUT2D eigenvalue weighted by Crippen LogP contribution is 2.42. The fourth-order valence-electron chi connectivity index (χ4n) is 5.05. The molecule has 1 saturated carbocycles. The molecule has 10 heteroatoms. The topological polar surface area (TPSA) is 116 Å². The number of aromatic nitrogens is 1. The molecule has 3 aliphatic rings. The minimum atomic E-state index is -1.28. The van der Waals surface area contributed by atoms with Crippen molar-refractivity contribution in [3.8, 4) is 0 Å². The summed E-state index contributed by atoms with van der Waals surface area (Å²) in [6, 6.07) is 9.34. The number of hydrogen-bond acceptors (Lipinski definition) is 6. The maximum atomic E-state index is 13.5. The number of ether oxygens (including phenoxy) is 1. The Labute approximate surface area is 214 Å². The van der Waals surface area contributed by atoms with E-state index in [1.165, 1.54) is 17.7 Å². The first-order valence-electron chi connectivity index (χ1n) is 12.3. The Morgan fingerprint density at radius 2 is 2.06 bits per heavy atom. The average Bonchev–Trinajstić information content (AvgIpc) is 3.66. The first-order valence-corrected chi connectivity index (χ1v) is 12.7. The number of carboxylic acid groups (broad SMARTS) is 1. The van der Waals surface area contributed by atoms with Crippen molar-refractivity contribution in [3.63, 3.8) is 0 Å². The van der Waals surface area contributed by atoms with Gasteiger partial charge in [0, 0.05) is 29.8 Å². The summed E-state index contributed by atoms with van der Waals surface area (Å²) in [4.78, 5) is 35.9. The number of rotatable bonds is 5. The van der Waals surface area contributed by atoms with E-state index in [-0.39, 0.29) is 30.4 Å². The fraction of sp³-hybridized carbons (Fsp3) is 0.462. The van der Waals surface area contributed by atoms with Gasteiger partial charge in [0.25, 0.3) is 0 Å². The molecular weight excluding hydrogens is 482 g/mol. The molecule has 2 fully saturated rings. The van der Waals surface area contributed by atoms with Crippen molar-refractivity contribution in [3.05, 3.63) is 52.8 Å². The molecule has 3 N–H and O–H groups in total. The van der Waals surface area contributed by atoms with Crippen LogP contribution in [0.4, 0.5) is 16.2 Å². The molecule has 1 aliphatic carbocycles. The molecule has 0 bridgehead atoms. The molecule has 2 amide bonds. The van der Waals surface area contributed by atoms with E-state index in [9.17, 15) is 14.7 Å². The van der Waals surface area contributed by atoms with E-state index >= 15 is 0 Å². The van der Waals surface area contributed by atoms with Crippen molar-refractivity contribution in [2.24, 2.45) is 4.99 Å². The molecule has 1 aromatic heterocycles. The molecular formula is C26H30ClN5O4. The Hall–Kier alpha value is -3.17. The van der Waals surface area contributed by atoms with Crippen LogP contribution in [0.25, 0.3) is 0 Å². The largest absolute Gasteiger partial charge is 0.465 e. The van der Waals surface area contributed by atoms with Crippen LogP contribution in [0, 0.1) is 0 Å². The van der Waals surface area contributed by atoms with Gasteiger partial charge in [-0.25, -0.2) is 9.79 Å². The molecule has 0 spiro atoms.